The summed E-state index contributed by atoms with van der Waals surface area (Å²) < 4.78 is 5.57. The zero-order chi connectivity index (χ0) is 13.8. The molecule has 6 heteroatoms. The number of aromatic nitrogens is 1. The van der Waals surface area contributed by atoms with Gasteiger partial charge in [0.1, 0.15) is 0 Å². The first-order valence-corrected chi connectivity index (χ1v) is 7.04. The number of hydrogen-bond acceptors (Lipinski definition) is 4. The van der Waals surface area contributed by atoms with Crippen molar-refractivity contribution < 1.29 is 14.3 Å². The molecule has 0 spiro atoms. The fourth-order valence-corrected chi connectivity index (χ4v) is 2.19. The monoisotopic (exact) mass is 297 g/mol. The molecule has 1 aromatic heterocycles. The lowest BCUT2D eigenvalue weighted by Gasteiger charge is -2.02. The molecule has 0 unspecified atom stereocenters. The average molecular weight is 298 g/mol. The van der Waals surface area contributed by atoms with Crippen LogP contribution in [0.5, 0.6) is 0 Å². The highest BCUT2D eigenvalue weighted by molar-refractivity contribution is 7.99. The standard InChI is InChI=1S/C13H12ClNO3S/c1-8(13(16)17)19-7-12-15-6-11(18-12)9-2-4-10(14)5-3-9/h2-6,8H,7H2,1H3,(H,16,17)/t8-/m1/s1. The van der Waals surface area contributed by atoms with Gasteiger partial charge in [0.05, 0.1) is 17.2 Å². The van der Waals surface area contributed by atoms with Crippen molar-refractivity contribution in [2.45, 2.75) is 17.9 Å². The lowest BCUT2D eigenvalue weighted by atomic mass is 10.2. The molecule has 0 radical (unpaired) electrons. The molecule has 0 aliphatic heterocycles. The van der Waals surface area contributed by atoms with Crippen LogP contribution in [0, 0.1) is 0 Å². The fourth-order valence-electron chi connectivity index (χ4n) is 1.39. The minimum atomic E-state index is -0.838. The van der Waals surface area contributed by atoms with Crippen molar-refractivity contribution in [3.8, 4) is 11.3 Å². The molecule has 0 fully saturated rings. The molecule has 0 saturated heterocycles. The van der Waals surface area contributed by atoms with E-state index in [1.54, 1.807) is 25.3 Å². The van der Waals surface area contributed by atoms with Crippen LogP contribution in [0.25, 0.3) is 11.3 Å². The van der Waals surface area contributed by atoms with Gasteiger partial charge in [-0.05, 0) is 31.2 Å². The van der Waals surface area contributed by atoms with Gasteiger partial charge in [-0.15, -0.1) is 11.8 Å². The van der Waals surface area contributed by atoms with E-state index < -0.39 is 11.2 Å². The summed E-state index contributed by atoms with van der Waals surface area (Å²) in [5, 5.41) is 8.97. The van der Waals surface area contributed by atoms with Crippen LogP contribution in [-0.4, -0.2) is 21.3 Å². The van der Waals surface area contributed by atoms with Crippen molar-refractivity contribution in [3.63, 3.8) is 0 Å². The largest absolute Gasteiger partial charge is 0.480 e. The van der Waals surface area contributed by atoms with Gasteiger partial charge in [-0.3, -0.25) is 4.79 Å². The zero-order valence-corrected chi connectivity index (χ0v) is 11.7. The number of nitrogens with zero attached hydrogens (tertiary/aromatic N) is 1. The topological polar surface area (TPSA) is 63.3 Å². The predicted octanol–water partition coefficient (Wildman–Crippen LogP) is 3.70. The first kappa shape index (κ1) is 14.0. The Labute approximate surface area is 119 Å². The number of halogens is 1. The smallest absolute Gasteiger partial charge is 0.316 e. The number of rotatable bonds is 5. The summed E-state index contributed by atoms with van der Waals surface area (Å²) in [6.45, 7) is 1.63. The van der Waals surface area contributed by atoms with E-state index in [0.717, 1.165) is 5.56 Å². The molecular formula is C13H12ClNO3S. The van der Waals surface area contributed by atoms with E-state index in [4.69, 9.17) is 21.1 Å². The van der Waals surface area contributed by atoms with Crippen molar-refractivity contribution in [2.75, 3.05) is 0 Å². The number of thioether (sulfide) groups is 1. The Morgan fingerprint density at radius 2 is 2.16 bits per heavy atom. The average Bonchev–Trinajstić information content (AvgIpc) is 2.85. The predicted molar refractivity (Wildman–Crippen MR) is 75.3 cm³/mol. The third-order valence-corrected chi connectivity index (χ3v) is 3.85. The summed E-state index contributed by atoms with van der Waals surface area (Å²) in [6.07, 6.45) is 1.63. The normalized spacial score (nSPS) is 12.3. The van der Waals surface area contributed by atoms with Crippen molar-refractivity contribution in [2.24, 2.45) is 0 Å². The molecule has 4 nitrogen and oxygen atoms in total. The summed E-state index contributed by atoms with van der Waals surface area (Å²) in [7, 11) is 0. The number of carboxylic acids is 1. The molecule has 0 bridgehead atoms. The number of carboxylic acid groups (broad SMARTS) is 1. The first-order valence-electron chi connectivity index (χ1n) is 5.61. The first-order chi connectivity index (χ1) is 9.06. The van der Waals surface area contributed by atoms with E-state index in [9.17, 15) is 4.79 Å². The Kier molecular flexibility index (Phi) is 4.50. The summed E-state index contributed by atoms with van der Waals surface area (Å²) in [5.41, 5.74) is 0.888. The maximum absolute atomic E-state index is 10.7. The maximum atomic E-state index is 10.7. The molecular weight excluding hydrogens is 286 g/mol. The Balaban J connectivity index is 2.03. The molecule has 0 aliphatic carbocycles. The van der Waals surface area contributed by atoms with Crippen LogP contribution in [0.4, 0.5) is 0 Å². The molecule has 0 saturated carbocycles. The number of aliphatic carboxylic acids is 1. The maximum Gasteiger partial charge on any atom is 0.316 e. The Morgan fingerprint density at radius 3 is 2.79 bits per heavy atom. The number of benzene rings is 1. The summed E-state index contributed by atoms with van der Waals surface area (Å²) >= 11 is 7.09. The van der Waals surface area contributed by atoms with Crippen LogP contribution in [0.3, 0.4) is 0 Å². The second-order valence-corrected chi connectivity index (χ2v) is 5.68. The lowest BCUT2D eigenvalue weighted by molar-refractivity contribution is -0.136. The molecule has 100 valence electrons. The molecule has 2 aromatic rings. The lowest BCUT2D eigenvalue weighted by Crippen LogP contribution is -2.11. The van der Waals surface area contributed by atoms with Gasteiger partial charge in [0.2, 0.25) is 5.89 Å². The van der Waals surface area contributed by atoms with E-state index >= 15 is 0 Å². The molecule has 19 heavy (non-hydrogen) atoms. The Morgan fingerprint density at radius 1 is 1.47 bits per heavy atom. The van der Waals surface area contributed by atoms with Crippen molar-refractivity contribution in [1.29, 1.82) is 0 Å². The van der Waals surface area contributed by atoms with Gasteiger partial charge in [0, 0.05) is 10.6 Å². The third kappa shape index (κ3) is 3.75. The van der Waals surface area contributed by atoms with E-state index in [1.807, 2.05) is 12.1 Å². The van der Waals surface area contributed by atoms with Gasteiger partial charge in [0.25, 0.3) is 0 Å². The summed E-state index contributed by atoms with van der Waals surface area (Å²) in [5.74, 6) is 0.758. The number of hydrogen-bond donors (Lipinski definition) is 1. The van der Waals surface area contributed by atoms with Gasteiger partial charge in [-0.2, -0.15) is 0 Å². The van der Waals surface area contributed by atoms with Gasteiger partial charge < -0.3 is 9.52 Å². The summed E-state index contributed by atoms with van der Waals surface area (Å²) in [4.78, 5) is 14.8. The fraction of sp³-hybridized carbons (Fsp3) is 0.231. The van der Waals surface area contributed by atoms with Crippen LogP contribution in [0.2, 0.25) is 5.02 Å². The summed E-state index contributed by atoms with van der Waals surface area (Å²) in [6, 6.07) is 7.25. The van der Waals surface area contributed by atoms with Gasteiger partial charge in [0.15, 0.2) is 5.76 Å². The van der Waals surface area contributed by atoms with Gasteiger partial charge in [-0.25, -0.2) is 4.98 Å². The van der Waals surface area contributed by atoms with E-state index in [2.05, 4.69) is 4.98 Å². The van der Waals surface area contributed by atoms with Crippen LogP contribution >= 0.6 is 23.4 Å². The minimum Gasteiger partial charge on any atom is -0.480 e. The van der Waals surface area contributed by atoms with Crippen LogP contribution in [0.15, 0.2) is 34.9 Å². The SMILES string of the molecule is C[C@@H](SCc1ncc(-c2ccc(Cl)cc2)o1)C(=O)O. The Hall–Kier alpha value is -1.46. The highest BCUT2D eigenvalue weighted by Gasteiger charge is 2.13. The third-order valence-electron chi connectivity index (χ3n) is 2.49. The zero-order valence-electron chi connectivity index (χ0n) is 10.2. The molecule has 0 aliphatic rings. The Bertz CT molecular complexity index is 568. The second-order valence-electron chi connectivity index (χ2n) is 3.92. The van der Waals surface area contributed by atoms with Crippen molar-refractivity contribution in [1.82, 2.24) is 4.98 Å². The number of oxazole rings is 1. The highest BCUT2D eigenvalue weighted by Crippen LogP contribution is 2.24. The molecule has 1 N–H and O–H groups in total. The second kappa shape index (κ2) is 6.12. The van der Waals surface area contributed by atoms with Crippen molar-refractivity contribution >= 4 is 29.3 Å². The minimum absolute atomic E-state index is 0.432. The van der Waals surface area contributed by atoms with Crippen LogP contribution in [-0.2, 0) is 10.5 Å². The van der Waals surface area contributed by atoms with Gasteiger partial charge >= 0.3 is 5.97 Å². The molecule has 1 aromatic carbocycles. The van der Waals surface area contributed by atoms with E-state index in [1.165, 1.54) is 11.8 Å². The molecule has 1 atom stereocenters. The highest BCUT2D eigenvalue weighted by atomic mass is 35.5. The van der Waals surface area contributed by atoms with Crippen molar-refractivity contribution in [3.05, 3.63) is 41.4 Å². The van der Waals surface area contributed by atoms with Gasteiger partial charge in [-0.1, -0.05) is 11.6 Å². The number of carbonyl (C=O) groups is 1. The molecule has 0 amide bonds. The van der Waals surface area contributed by atoms with Crippen LogP contribution < -0.4 is 0 Å². The van der Waals surface area contributed by atoms with Crippen LogP contribution in [0.1, 0.15) is 12.8 Å². The molecule has 1 heterocycles. The molecule has 2 rings (SSSR count). The van der Waals surface area contributed by atoms with E-state index in [-0.39, 0.29) is 0 Å². The van der Waals surface area contributed by atoms with E-state index in [0.29, 0.717) is 22.4 Å². The quantitative estimate of drug-likeness (QED) is 0.911.